The molecule has 2 aromatic rings. The van der Waals surface area contributed by atoms with Gasteiger partial charge in [-0.2, -0.15) is 5.10 Å². The lowest BCUT2D eigenvalue weighted by molar-refractivity contribution is 0.0824. The first-order valence-corrected chi connectivity index (χ1v) is 6.04. The van der Waals surface area contributed by atoms with E-state index in [0.717, 1.165) is 4.90 Å². The van der Waals surface area contributed by atoms with Crippen LogP contribution >= 0.6 is 11.8 Å². The molecule has 0 fully saturated rings. The summed E-state index contributed by atoms with van der Waals surface area (Å²) in [6.45, 7) is 0. The first kappa shape index (κ1) is 12.4. The van der Waals surface area contributed by atoms with Gasteiger partial charge in [0.05, 0.1) is 5.56 Å². The van der Waals surface area contributed by atoms with Crippen molar-refractivity contribution in [3.8, 4) is 0 Å². The maximum absolute atomic E-state index is 12.0. The normalized spacial score (nSPS) is 10.3. The molecular formula is C11H13N5OS. The molecule has 1 amide bonds. The number of hydrogen-bond acceptors (Lipinski definition) is 5. The zero-order valence-electron chi connectivity index (χ0n) is 10.0. The molecule has 3 N–H and O–H groups in total. The van der Waals surface area contributed by atoms with E-state index < -0.39 is 0 Å². The van der Waals surface area contributed by atoms with Gasteiger partial charge in [-0.1, -0.05) is 0 Å². The standard InChI is InChI=1S/C11H13N5OS/c1-16(2)10(17)8-4-3-7(12)5-9(8)18-11-13-6-14-15-11/h3-6H,12H2,1-2H3,(H,13,14,15). The Morgan fingerprint density at radius 3 is 2.83 bits per heavy atom. The van der Waals surface area contributed by atoms with Gasteiger partial charge >= 0.3 is 0 Å². The zero-order chi connectivity index (χ0) is 13.1. The van der Waals surface area contributed by atoms with Crippen LogP contribution in [0.15, 0.2) is 34.6 Å². The van der Waals surface area contributed by atoms with Gasteiger partial charge < -0.3 is 10.6 Å². The molecule has 0 aliphatic heterocycles. The van der Waals surface area contributed by atoms with Crippen LogP contribution in [-0.4, -0.2) is 40.1 Å². The minimum Gasteiger partial charge on any atom is -0.399 e. The van der Waals surface area contributed by atoms with Crippen molar-refractivity contribution in [3.05, 3.63) is 30.1 Å². The molecule has 1 aromatic heterocycles. The van der Waals surface area contributed by atoms with Crippen LogP contribution in [0, 0.1) is 0 Å². The molecule has 94 valence electrons. The molecule has 0 atom stereocenters. The van der Waals surface area contributed by atoms with Crippen LogP contribution in [0.25, 0.3) is 0 Å². The summed E-state index contributed by atoms with van der Waals surface area (Å²) in [5.41, 5.74) is 6.95. The fraction of sp³-hybridized carbons (Fsp3) is 0.182. The van der Waals surface area contributed by atoms with E-state index in [9.17, 15) is 4.79 Å². The van der Waals surface area contributed by atoms with Gasteiger partial charge in [0.2, 0.25) is 0 Å². The van der Waals surface area contributed by atoms with Gasteiger partial charge in [-0.15, -0.1) is 0 Å². The number of benzene rings is 1. The van der Waals surface area contributed by atoms with Gasteiger partial charge in [0.25, 0.3) is 5.91 Å². The molecular weight excluding hydrogens is 250 g/mol. The molecule has 0 bridgehead atoms. The van der Waals surface area contributed by atoms with Crippen molar-refractivity contribution in [2.45, 2.75) is 10.1 Å². The number of carbonyl (C=O) groups excluding carboxylic acids is 1. The number of H-pyrrole nitrogens is 1. The Labute approximate surface area is 109 Å². The highest BCUT2D eigenvalue weighted by Crippen LogP contribution is 2.29. The number of carbonyl (C=O) groups is 1. The second kappa shape index (κ2) is 5.09. The molecule has 0 saturated carbocycles. The van der Waals surface area contributed by atoms with Crippen molar-refractivity contribution in [1.82, 2.24) is 20.1 Å². The SMILES string of the molecule is CN(C)C(=O)c1ccc(N)cc1Sc1ncn[nH]1. The second-order valence-corrected chi connectivity index (χ2v) is 4.88. The molecule has 7 heteroatoms. The number of aromatic nitrogens is 3. The summed E-state index contributed by atoms with van der Waals surface area (Å²) >= 11 is 1.32. The van der Waals surface area contributed by atoms with E-state index >= 15 is 0 Å². The van der Waals surface area contributed by atoms with Gasteiger partial charge in [0, 0.05) is 24.7 Å². The monoisotopic (exact) mass is 263 g/mol. The minimum atomic E-state index is -0.0722. The molecule has 0 aliphatic rings. The highest BCUT2D eigenvalue weighted by molar-refractivity contribution is 7.99. The van der Waals surface area contributed by atoms with Crippen molar-refractivity contribution in [2.24, 2.45) is 0 Å². The Morgan fingerprint density at radius 2 is 2.22 bits per heavy atom. The average Bonchev–Trinajstić information content (AvgIpc) is 2.81. The molecule has 6 nitrogen and oxygen atoms in total. The average molecular weight is 263 g/mol. The predicted molar refractivity (Wildman–Crippen MR) is 69.4 cm³/mol. The first-order valence-electron chi connectivity index (χ1n) is 5.22. The highest BCUT2D eigenvalue weighted by Gasteiger charge is 2.15. The van der Waals surface area contributed by atoms with E-state index in [0.29, 0.717) is 16.4 Å². The molecule has 0 spiro atoms. The number of anilines is 1. The van der Waals surface area contributed by atoms with Crippen LogP contribution < -0.4 is 5.73 Å². The summed E-state index contributed by atoms with van der Waals surface area (Å²) in [6.07, 6.45) is 1.42. The molecule has 0 saturated heterocycles. The number of amides is 1. The Morgan fingerprint density at radius 1 is 1.44 bits per heavy atom. The second-order valence-electron chi connectivity index (χ2n) is 3.85. The van der Waals surface area contributed by atoms with E-state index in [4.69, 9.17) is 5.73 Å². The lowest BCUT2D eigenvalue weighted by atomic mass is 10.2. The number of aromatic amines is 1. The zero-order valence-corrected chi connectivity index (χ0v) is 10.9. The number of rotatable bonds is 3. The Bertz CT molecular complexity index is 553. The minimum absolute atomic E-state index is 0.0722. The first-order chi connectivity index (χ1) is 8.58. The van der Waals surface area contributed by atoms with Gasteiger partial charge in [-0.3, -0.25) is 9.89 Å². The number of nitrogens with zero attached hydrogens (tertiary/aromatic N) is 3. The van der Waals surface area contributed by atoms with Gasteiger partial charge in [-0.25, -0.2) is 4.98 Å². The van der Waals surface area contributed by atoms with Crippen LogP contribution in [0.5, 0.6) is 0 Å². The lowest BCUT2D eigenvalue weighted by Crippen LogP contribution is -2.22. The van der Waals surface area contributed by atoms with E-state index in [1.807, 2.05) is 0 Å². The Hall–Kier alpha value is -2.02. The quantitative estimate of drug-likeness (QED) is 0.813. The molecule has 1 heterocycles. The lowest BCUT2D eigenvalue weighted by Gasteiger charge is -2.13. The number of nitrogens with two attached hydrogens (primary N) is 1. The van der Waals surface area contributed by atoms with Crippen molar-refractivity contribution in [2.75, 3.05) is 19.8 Å². The topological polar surface area (TPSA) is 87.9 Å². The molecule has 2 rings (SSSR count). The van der Waals surface area contributed by atoms with E-state index in [2.05, 4.69) is 15.2 Å². The van der Waals surface area contributed by atoms with Crippen molar-refractivity contribution < 1.29 is 4.79 Å². The molecule has 18 heavy (non-hydrogen) atoms. The van der Waals surface area contributed by atoms with Gasteiger partial charge in [0.15, 0.2) is 5.16 Å². The summed E-state index contributed by atoms with van der Waals surface area (Å²) < 4.78 is 0. The number of nitrogen functional groups attached to an aromatic ring is 1. The maximum atomic E-state index is 12.0. The predicted octanol–water partition coefficient (Wildman–Crippen LogP) is 1.24. The summed E-state index contributed by atoms with van der Waals surface area (Å²) in [7, 11) is 3.42. The van der Waals surface area contributed by atoms with Gasteiger partial charge in [0.1, 0.15) is 6.33 Å². The summed E-state index contributed by atoms with van der Waals surface area (Å²) in [5, 5.41) is 7.12. The maximum Gasteiger partial charge on any atom is 0.254 e. The van der Waals surface area contributed by atoms with Crippen molar-refractivity contribution in [1.29, 1.82) is 0 Å². The van der Waals surface area contributed by atoms with Crippen LogP contribution in [0.1, 0.15) is 10.4 Å². The molecule has 1 aromatic carbocycles. The van der Waals surface area contributed by atoms with Gasteiger partial charge in [-0.05, 0) is 30.0 Å². The number of nitrogens with one attached hydrogen (secondary N) is 1. The highest BCUT2D eigenvalue weighted by atomic mass is 32.2. The van der Waals surface area contributed by atoms with Crippen LogP contribution in [-0.2, 0) is 0 Å². The number of hydrogen-bond donors (Lipinski definition) is 2. The molecule has 0 aliphatic carbocycles. The fourth-order valence-corrected chi connectivity index (χ4v) is 2.26. The summed E-state index contributed by atoms with van der Waals surface area (Å²) in [6, 6.07) is 5.18. The third-order valence-electron chi connectivity index (χ3n) is 2.24. The van der Waals surface area contributed by atoms with Crippen molar-refractivity contribution >= 4 is 23.4 Å². The summed E-state index contributed by atoms with van der Waals surface area (Å²) in [5.74, 6) is -0.0722. The summed E-state index contributed by atoms with van der Waals surface area (Å²) in [4.78, 5) is 18.3. The smallest absolute Gasteiger partial charge is 0.254 e. The third kappa shape index (κ3) is 2.62. The fourth-order valence-electron chi connectivity index (χ4n) is 1.39. The van der Waals surface area contributed by atoms with Crippen molar-refractivity contribution in [3.63, 3.8) is 0 Å². The largest absolute Gasteiger partial charge is 0.399 e. The Kier molecular flexibility index (Phi) is 3.52. The Balaban J connectivity index is 2.38. The molecule has 0 unspecified atom stereocenters. The van der Waals surface area contributed by atoms with Crippen LogP contribution in [0.4, 0.5) is 5.69 Å². The van der Waals surface area contributed by atoms with E-state index in [1.54, 1.807) is 32.3 Å². The van der Waals surface area contributed by atoms with E-state index in [1.165, 1.54) is 23.0 Å². The molecule has 0 radical (unpaired) electrons. The van der Waals surface area contributed by atoms with Crippen LogP contribution in [0.3, 0.4) is 0 Å². The third-order valence-corrected chi connectivity index (χ3v) is 3.19. The van der Waals surface area contributed by atoms with E-state index in [-0.39, 0.29) is 5.91 Å². The van der Waals surface area contributed by atoms with Crippen LogP contribution in [0.2, 0.25) is 0 Å².